The van der Waals surface area contributed by atoms with Gasteiger partial charge in [-0.2, -0.15) is 0 Å². The van der Waals surface area contributed by atoms with Gasteiger partial charge in [0.2, 0.25) is 0 Å². The third-order valence-electron chi connectivity index (χ3n) is 3.83. The van der Waals surface area contributed by atoms with Crippen LogP contribution in [0.5, 0.6) is 11.5 Å². The highest BCUT2D eigenvalue weighted by Gasteiger charge is 2.19. The second kappa shape index (κ2) is 9.91. The molecule has 1 N–H and O–H groups in total. The van der Waals surface area contributed by atoms with Gasteiger partial charge in [0, 0.05) is 30.1 Å². The number of carbonyl (C=O) groups is 2. The summed E-state index contributed by atoms with van der Waals surface area (Å²) in [4.78, 5) is 31.2. The second-order valence-corrected chi connectivity index (χ2v) is 6.74. The quantitative estimate of drug-likeness (QED) is 0.705. The van der Waals surface area contributed by atoms with Crippen molar-refractivity contribution < 1.29 is 19.1 Å². The third kappa shape index (κ3) is 5.43. The van der Waals surface area contributed by atoms with Gasteiger partial charge in [0.15, 0.2) is 5.13 Å². The highest BCUT2D eigenvalue weighted by molar-refractivity contribution is 7.14. The Morgan fingerprint density at radius 1 is 1.07 bits per heavy atom. The molecule has 2 aromatic rings. The third-order valence-corrected chi connectivity index (χ3v) is 4.59. The first-order valence-electron chi connectivity index (χ1n) is 8.81. The number of methoxy groups -OCH3 is 2. The lowest BCUT2D eigenvalue weighted by atomic mass is 10.2. The fourth-order valence-electron chi connectivity index (χ4n) is 2.55. The number of carbonyl (C=O) groups excluding carboxylic acids is 2. The summed E-state index contributed by atoms with van der Waals surface area (Å²) in [5, 5.41) is 4.77. The van der Waals surface area contributed by atoms with Crippen LogP contribution in [0.1, 0.15) is 47.5 Å². The Labute approximate surface area is 163 Å². The molecule has 0 bridgehead atoms. The van der Waals surface area contributed by atoms with E-state index in [4.69, 9.17) is 9.47 Å². The van der Waals surface area contributed by atoms with Gasteiger partial charge < -0.3 is 14.4 Å². The maximum atomic E-state index is 12.6. The lowest BCUT2D eigenvalue weighted by Gasteiger charge is -2.20. The maximum Gasteiger partial charge on any atom is 0.273 e. The molecule has 7 nitrogen and oxygen atoms in total. The monoisotopic (exact) mass is 391 g/mol. The Kier molecular flexibility index (Phi) is 7.60. The van der Waals surface area contributed by atoms with E-state index in [1.807, 2.05) is 13.8 Å². The average Bonchev–Trinajstić information content (AvgIpc) is 3.15. The highest BCUT2D eigenvalue weighted by Crippen LogP contribution is 2.24. The molecule has 2 rings (SSSR count). The Bertz CT molecular complexity index is 763. The van der Waals surface area contributed by atoms with Crippen molar-refractivity contribution >= 4 is 28.3 Å². The SMILES string of the molecule is CCCN(CCC)C(=O)c1csc(NC(=O)c2cc(OC)cc(OC)c2)n1. The number of benzene rings is 1. The molecule has 27 heavy (non-hydrogen) atoms. The van der Waals surface area contributed by atoms with Crippen molar-refractivity contribution in [1.29, 1.82) is 0 Å². The zero-order chi connectivity index (χ0) is 19.8. The van der Waals surface area contributed by atoms with Crippen molar-refractivity contribution in [3.63, 3.8) is 0 Å². The number of hydrogen-bond acceptors (Lipinski definition) is 6. The average molecular weight is 391 g/mol. The second-order valence-electron chi connectivity index (χ2n) is 5.89. The Morgan fingerprint density at radius 3 is 2.19 bits per heavy atom. The summed E-state index contributed by atoms with van der Waals surface area (Å²) in [6.07, 6.45) is 1.77. The van der Waals surface area contributed by atoms with Gasteiger partial charge in [-0.25, -0.2) is 4.98 Å². The molecule has 0 spiro atoms. The standard InChI is InChI=1S/C19H25N3O4S/c1-5-7-22(8-6-2)18(24)16-12-27-19(20-16)21-17(23)13-9-14(25-3)11-15(10-13)26-4/h9-12H,5-8H2,1-4H3,(H,20,21,23). The van der Waals surface area contributed by atoms with E-state index in [2.05, 4.69) is 10.3 Å². The lowest BCUT2D eigenvalue weighted by molar-refractivity contribution is 0.0750. The fraction of sp³-hybridized carbons (Fsp3) is 0.421. The van der Waals surface area contributed by atoms with Gasteiger partial charge in [0.05, 0.1) is 14.2 Å². The molecular formula is C19H25N3O4S. The summed E-state index contributed by atoms with van der Waals surface area (Å²) in [7, 11) is 3.04. The molecule has 8 heteroatoms. The molecule has 0 aliphatic carbocycles. The van der Waals surface area contributed by atoms with Crippen molar-refractivity contribution in [2.45, 2.75) is 26.7 Å². The van der Waals surface area contributed by atoms with Gasteiger partial charge in [-0.3, -0.25) is 14.9 Å². The predicted molar refractivity (Wildman–Crippen MR) is 106 cm³/mol. The van der Waals surface area contributed by atoms with Crippen LogP contribution < -0.4 is 14.8 Å². The van der Waals surface area contributed by atoms with Crippen molar-refractivity contribution in [3.8, 4) is 11.5 Å². The number of ether oxygens (including phenoxy) is 2. The molecular weight excluding hydrogens is 366 g/mol. The summed E-state index contributed by atoms with van der Waals surface area (Å²) in [6.45, 7) is 5.45. The van der Waals surface area contributed by atoms with Crippen LogP contribution in [0.4, 0.5) is 5.13 Å². The molecule has 0 radical (unpaired) electrons. The minimum Gasteiger partial charge on any atom is -0.497 e. The summed E-state index contributed by atoms with van der Waals surface area (Å²) in [6, 6.07) is 4.91. The fourth-order valence-corrected chi connectivity index (χ4v) is 3.23. The highest BCUT2D eigenvalue weighted by atomic mass is 32.1. The summed E-state index contributed by atoms with van der Waals surface area (Å²) in [5.74, 6) is 0.576. The van der Waals surface area contributed by atoms with E-state index in [-0.39, 0.29) is 11.8 Å². The molecule has 0 unspecified atom stereocenters. The molecule has 0 aliphatic heterocycles. The molecule has 1 heterocycles. The Balaban J connectivity index is 2.13. The summed E-state index contributed by atoms with van der Waals surface area (Å²) >= 11 is 1.22. The van der Waals surface area contributed by atoms with E-state index in [9.17, 15) is 9.59 Å². The molecule has 0 aliphatic rings. The normalized spacial score (nSPS) is 10.4. The van der Waals surface area contributed by atoms with E-state index in [0.717, 1.165) is 12.8 Å². The van der Waals surface area contributed by atoms with Crippen LogP contribution in [0.25, 0.3) is 0 Å². The first kappa shape index (κ1) is 20.7. The van der Waals surface area contributed by atoms with Gasteiger partial charge >= 0.3 is 0 Å². The number of thiazole rings is 1. The Hall–Kier alpha value is -2.61. The van der Waals surface area contributed by atoms with Crippen molar-refractivity contribution in [2.24, 2.45) is 0 Å². The number of aromatic nitrogens is 1. The van der Waals surface area contributed by atoms with Crippen LogP contribution in [-0.2, 0) is 0 Å². The van der Waals surface area contributed by atoms with Crippen LogP contribution in [0, 0.1) is 0 Å². The zero-order valence-corrected chi connectivity index (χ0v) is 16.9. The number of anilines is 1. The van der Waals surface area contributed by atoms with Crippen LogP contribution in [0.15, 0.2) is 23.6 Å². The first-order chi connectivity index (χ1) is 13.0. The lowest BCUT2D eigenvalue weighted by Crippen LogP contribution is -2.32. The van der Waals surface area contributed by atoms with Gasteiger partial charge in [0.25, 0.3) is 11.8 Å². The number of rotatable bonds is 9. The minimum atomic E-state index is -0.348. The predicted octanol–water partition coefficient (Wildman–Crippen LogP) is 3.67. The summed E-state index contributed by atoms with van der Waals surface area (Å²) in [5.41, 5.74) is 0.730. The van der Waals surface area contributed by atoms with Crippen molar-refractivity contribution in [3.05, 3.63) is 34.8 Å². The van der Waals surface area contributed by atoms with Crippen molar-refractivity contribution in [1.82, 2.24) is 9.88 Å². The molecule has 2 amide bonds. The van der Waals surface area contributed by atoms with E-state index in [1.54, 1.807) is 28.5 Å². The molecule has 146 valence electrons. The first-order valence-corrected chi connectivity index (χ1v) is 9.69. The molecule has 1 aromatic heterocycles. The zero-order valence-electron chi connectivity index (χ0n) is 16.1. The largest absolute Gasteiger partial charge is 0.497 e. The summed E-state index contributed by atoms with van der Waals surface area (Å²) < 4.78 is 10.4. The van der Waals surface area contributed by atoms with Crippen molar-refractivity contribution in [2.75, 3.05) is 32.6 Å². The van der Waals surface area contributed by atoms with Crippen LogP contribution >= 0.6 is 11.3 Å². The van der Waals surface area contributed by atoms with E-state index in [0.29, 0.717) is 41.0 Å². The smallest absolute Gasteiger partial charge is 0.273 e. The number of hydrogen-bond donors (Lipinski definition) is 1. The maximum absolute atomic E-state index is 12.6. The molecule has 0 atom stereocenters. The van der Waals surface area contributed by atoms with E-state index >= 15 is 0 Å². The Morgan fingerprint density at radius 2 is 1.67 bits per heavy atom. The number of amides is 2. The van der Waals surface area contributed by atoms with Crippen LogP contribution in [0.3, 0.4) is 0 Å². The van der Waals surface area contributed by atoms with Crippen LogP contribution in [0.2, 0.25) is 0 Å². The minimum absolute atomic E-state index is 0.113. The number of nitrogens with zero attached hydrogens (tertiary/aromatic N) is 2. The van der Waals surface area contributed by atoms with Gasteiger partial charge in [-0.1, -0.05) is 13.8 Å². The van der Waals surface area contributed by atoms with Gasteiger partial charge in [0.1, 0.15) is 17.2 Å². The van der Waals surface area contributed by atoms with Gasteiger partial charge in [-0.15, -0.1) is 11.3 Å². The molecule has 1 aromatic carbocycles. The van der Waals surface area contributed by atoms with Gasteiger partial charge in [-0.05, 0) is 25.0 Å². The molecule has 0 saturated carbocycles. The van der Waals surface area contributed by atoms with Crippen LogP contribution in [-0.4, -0.2) is 49.0 Å². The molecule has 0 saturated heterocycles. The molecule has 0 fully saturated rings. The topological polar surface area (TPSA) is 80.8 Å². The van der Waals surface area contributed by atoms with E-state index < -0.39 is 0 Å². The number of nitrogens with one attached hydrogen (secondary N) is 1. The van der Waals surface area contributed by atoms with E-state index in [1.165, 1.54) is 25.6 Å².